The molecule has 7 nitrogen and oxygen atoms in total. The van der Waals surface area contributed by atoms with E-state index < -0.39 is 0 Å². The summed E-state index contributed by atoms with van der Waals surface area (Å²) >= 11 is 0. The lowest BCUT2D eigenvalue weighted by Gasteiger charge is -2.35. The molecule has 1 aliphatic rings. The van der Waals surface area contributed by atoms with Crippen molar-refractivity contribution in [3.8, 4) is 5.88 Å². The predicted octanol–water partition coefficient (Wildman–Crippen LogP) is 2.89. The maximum Gasteiger partial charge on any atom is 0.228 e. The highest BCUT2D eigenvalue weighted by Crippen LogP contribution is 2.20. The number of piperazine rings is 1. The van der Waals surface area contributed by atoms with Crippen LogP contribution in [0.25, 0.3) is 0 Å². The molecule has 0 radical (unpaired) electrons. The SMILES string of the molecule is CCOc1cc(C)nc(N2CCN(c3ccnc(Cc4ccccc4)n3)CC2)n1. The van der Waals surface area contributed by atoms with E-state index in [-0.39, 0.29) is 0 Å². The van der Waals surface area contributed by atoms with E-state index in [1.54, 1.807) is 0 Å². The summed E-state index contributed by atoms with van der Waals surface area (Å²) in [5.41, 5.74) is 2.14. The van der Waals surface area contributed by atoms with Gasteiger partial charge >= 0.3 is 0 Å². The Labute approximate surface area is 171 Å². The summed E-state index contributed by atoms with van der Waals surface area (Å²) in [6.45, 7) is 7.94. The van der Waals surface area contributed by atoms with E-state index in [1.807, 2.05) is 50.4 Å². The Morgan fingerprint density at radius 2 is 1.69 bits per heavy atom. The summed E-state index contributed by atoms with van der Waals surface area (Å²) in [5.74, 6) is 3.20. The van der Waals surface area contributed by atoms with Crippen LogP contribution in [-0.2, 0) is 6.42 Å². The van der Waals surface area contributed by atoms with Gasteiger partial charge in [0.1, 0.15) is 11.6 Å². The van der Waals surface area contributed by atoms with Gasteiger partial charge in [-0.15, -0.1) is 0 Å². The van der Waals surface area contributed by atoms with Crippen LogP contribution in [0, 0.1) is 6.92 Å². The third-order valence-corrected chi connectivity index (χ3v) is 4.89. The lowest BCUT2D eigenvalue weighted by molar-refractivity contribution is 0.325. The number of hydrogen-bond donors (Lipinski definition) is 0. The molecule has 0 N–H and O–H groups in total. The third kappa shape index (κ3) is 4.80. The fourth-order valence-electron chi connectivity index (χ4n) is 3.45. The minimum absolute atomic E-state index is 0.600. The highest BCUT2D eigenvalue weighted by atomic mass is 16.5. The quantitative estimate of drug-likeness (QED) is 0.641. The molecule has 29 heavy (non-hydrogen) atoms. The third-order valence-electron chi connectivity index (χ3n) is 4.89. The second-order valence-corrected chi connectivity index (χ2v) is 7.05. The van der Waals surface area contributed by atoms with Gasteiger partial charge < -0.3 is 14.5 Å². The maximum absolute atomic E-state index is 5.57. The fraction of sp³-hybridized carbons (Fsp3) is 0.364. The predicted molar refractivity (Wildman–Crippen MR) is 114 cm³/mol. The molecular formula is C22H26N6O. The van der Waals surface area contributed by atoms with Gasteiger partial charge in [0.2, 0.25) is 11.8 Å². The van der Waals surface area contributed by atoms with Crippen LogP contribution in [0.15, 0.2) is 48.7 Å². The minimum Gasteiger partial charge on any atom is -0.478 e. The van der Waals surface area contributed by atoms with E-state index in [2.05, 4.69) is 36.9 Å². The number of ether oxygens (including phenoxy) is 1. The number of anilines is 2. The second kappa shape index (κ2) is 8.86. The highest BCUT2D eigenvalue weighted by Gasteiger charge is 2.21. The topological polar surface area (TPSA) is 67.3 Å². The molecule has 7 heteroatoms. The first-order chi connectivity index (χ1) is 14.2. The van der Waals surface area contributed by atoms with Crippen LogP contribution in [0.1, 0.15) is 24.0 Å². The molecule has 1 aliphatic heterocycles. The zero-order valence-corrected chi connectivity index (χ0v) is 17.0. The highest BCUT2D eigenvalue weighted by molar-refractivity contribution is 5.43. The van der Waals surface area contributed by atoms with Crippen molar-refractivity contribution in [3.05, 3.63) is 65.7 Å². The Bertz CT molecular complexity index is 941. The van der Waals surface area contributed by atoms with Crippen molar-refractivity contribution < 1.29 is 4.74 Å². The van der Waals surface area contributed by atoms with Crippen molar-refractivity contribution in [3.63, 3.8) is 0 Å². The van der Waals surface area contributed by atoms with E-state index in [9.17, 15) is 0 Å². The van der Waals surface area contributed by atoms with Crippen molar-refractivity contribution in [1.29, 1.82) is 0 Å². The molecule has 1 aromatic carbocycles. The molecule has 2 aromatic heterocycles. The molecular weight excluding hydrogens is 364 g/mol. The molecule has 0 amide bonds. The van der Waals surface area contributed by atoms with Crippen LogP contribution in [0.5, 0.6) is 5.88 Å². The van der Waals surface area contributed by atoms with Crippen molar-refractivity contribution in [2.75, 3.05) is 42.6 Å². The van der Waals surface area contributed by atoms with Crippen LogP contribution in [0.2, 0.25) is 0 Å². The summed E-state index contributed by atoms with van der Waals surface area (Å²) in [6, 6.07) is 14.2. The van der Waals surface area contributed by atoms with Crippen LogP contribution < -0.4 is 14.5 Å². The normalized spacial score (nSPS) is 14.1. The molecule has 4 rings (SSSR count). The molecule has 3 heterocycles. The molecule has 0 unspecified atom stereocenters. The lowest BCUT2D eigenvalue weighted by atomic mass is 10.1. The molecule has 1 saturated heterocycles. The van der Waals surface area contributed by atoms with Crippen molar-refractivity contribution in [2.45, 2.75) is 20.3 Å². The Morgan fingerprint density at radius 1 is 0.931 bits per heavy atom. The Kier molecular flexibility index (Phi) is 5.84. The number of benzene rings is 1. The molecule has 0 aliphatic carbocycles. The van der Waals surface area contributed by atoms with Gasteiger partial charge in [0, 0.05) is 50.6 Å². The number of rotatable bonds is 6. The fourth-order valence-corrected chi connectivity index (χ4v) is 3.45. The van der Waals surface area contributed by atoms with Gasteiger partial charge in [-0.1, -0.05) is 30.3 Å². The van der Waals surface area contributed by atoms with Crippen molar-refractivity contribution in [2.24, 2.45) is 0 Å². The van der Waals surface area contributed by atoms with Gasteiger partial charge in [-0.3, -0.25) is 0 Å². The summed E-state index contributed by atoms with van der Waals surface area (Å²) in [7, 11) is 0. The number of aryl methyl sites for hydroxylation is 1. The van der Waals surface area contributed by atoms with Gasteiger partial charge in [0.25, 0.3) is 0 Å². The van der Waals surface area contributed by atoms with E-state index in [1.165, 1.54) is 5.56 Å². The first kappa shape index (κ1) is 19.1. The number of hydrogen-bond acceptors (Lipinski definition) is 7. The molecule has 150 valence electrons. The van der Waals surface area contributed by atoms with Crippen molar-refractivity contribution in [1.82, 2.24) is 19.9 Å². The standard InChI is InChI=1S/C22H26N6O/c1-3-29-21-15-17(2)24-22(26-21)28-13-11-27(12-14-28)20-9-10-23-19(25-20)16-18-7-5-4-6-8-18/h4-10,15H,3,11-14,16H2,1-2H3. The molecule has 0 saturated carbocycles. The van der Waals surface area contributed by atoms with E-state index in [0.717, 1.165) is 55.9 Å². The smallest absolute Gasteiger partial charge is 0.228 e. The van der Waals surface area contributed by atoms with Gasteiger partial charge in [-0.05, 0) is 25.5 Å². The van der Waals surface area contributed by atoms with E-state index in [4.69, 9.17) is 9.72 Å². The van der Waals surface area contributed by atoms with Crippen molar-refractivity contribution >= 4 is 11.8 Å². The maximum atomic E-state index is 5.57. The zero-order chi connectivity index (χ0) is 20.1. The summed E-state index contributed by atoms with van der Waals surface area (Å²) in [4.78, 5) is 22.9. The van der Waals surface area contributed by atoms with Crippen LogP contribution in [0.4, 0.5) is 11.8 Å². The Balaban J connectivity index is 1.42. The number of nitrogens with zero attached hydrogens (tertiary/aromatic N) is 6. The van der Waals surface area contributed by atoms with E-state index >= 15 is 0 Å². The second-order valence-electron chi connectivity index (χ2n) is 7.05. The Hall–Kier alpha value is -3.22. The monoisotopic (exact) mass is 390 g/mol. The minimum atomic E-state index is 0.600. The number of aromatic nitrogens is 4. The average molecular weight is 390 g/mol. The molecule has 3 aromatic rings. The van der Waals surface area contributed by atoms with Crippen LogP contribution in [0.3, 0.4) is 0 Å². The molecule has 0 atom stereocenters. The first-order valence-corrected chi connectivity index (χ1v) is 10.1. The van der Waals surface area contributed by atoms with Crippen LogP contribution >= 0.6 is 0 Å². The summed E-state index contributed by atoms with van der Waals surface area (Å²) in [6.07, 6.45) is 2.59. The molecule has 0 spiro atoms. The molecule has 0 bridgehead atoms. The van der Waals surface area contributed by atoms with Gasteiger partial charge in [0.15, 0.2) is 0 Å². The molecule has 1 fully saturated rings. The lowest BCUT2D eigenvalue weighted by Crippen LogP contribution is -2.47. The average Bonchev–Trinajstić information content (AvgIpc) is 2.75. The van der Waals surface area contributed by atoms with Gasteiger partial charge in [0.05, 0.1) is 6.61 Å². The Morgan fingerprint density at radius 3 is 2.45 bits per heavy atom. The summed E-state index contributed by atoms with van der Waals surface area (Å²) < 4.78 is 5.57. The largest absolute Gasteiger partial charge is 0.478 e. The summed E-state index contributed by atoms with van der Waals surface area (Å²) in [5, 5.41) is 0. The first-order valence-electron chi connectivity index (χ1n) is 10.1. The van der Waals surface area contributed by atoms with Gasteiger partial charge in [-0.25, -0.2) is 15.0 Å². The van der Waals surface area contributed by atoms with E-state index in [0.29, 0.717) is 12.5 Å². The van der Waals surface area contributed by atoms with Gasteiger partial charge in [-0.2, -0.15) is 4.98 Å². The van der Waals surface area contributed by atoms with Crippen LogP contribution in [-0.4, -0.2) is 52.7 Å². The zero-order valence-electron chi connectivity index (χ0n) is 17.0.